The zero-order valence-electron chi connectivity index (χ0n) is 9.31. The predicted octanol–water partition coefficient (Wildman–Crippen LogP) is 2.33. The second-order valence-electron chi connectivity index (χ2n) is 3.72. The van der Waals surface area contributed by atoms with Crippen LogP contribution in [0.15, 0.2) is 36.7 Å². The maximum atomic E-state index is 4.20. The minimum absolute atomic E-state index is 0.214. The largest absolute Gasteiger partial charge is 0.309 e. The zero-order chi connectivity index (χ0) is 11.5. The van der Waals surface area contributed by atoms with Crippen LogP contribution in [0, 0.1) is 3.57 Å². The normalized spacial score (nSPS) is 12.7. The van der Waals surface area contributed by atoms with Crippen molar-refractivity contribution in [2.45, 2.75) is 6.04 Å². The summed E-state index contributed by atoms with van der Waals surface area (Å²) in [4.78, 5) is 0. The lowest BCUT2D eigenvalue weighted by Crippen LogP contribution is -2.17. The van der Waals surface area contributed by atoms with Gasteiger partial charge in [-0.3, -0.25) is 4.68 Å². The first kappa shape index (κ1) is 11.6. The molecule has 0 amide bonds. The van der Waals surface area contributed by atoms with Gasteiger partial charge < -0.3 is 5.32 Å². The number of halogens is 1. The van der Waals surface area contributed by atoms with Crippen LogP contribution in [0.2, 0.25) is 0 Å². The van der Waals surface area contributed by atoms with Gasteiger partial charge in [-0.15, -0.1) is 0 Å². The maximum Gasteiger partial charge on any atom is 0.0605 e. The third-order valence-electron chi connectivity index (χ3n) is 2.55. The molecule has 1 aromatic carbocycles. The summed E-state index contributed by atoms with van der Waals surface area (Å²) < 4.78 is 3.08. The van der Waals surface area contributed by atoms with Crippen LogP contribution in [-0.4, -0.2) is 16.8 Å². The van der Waals surface area contributed by atoms with E-state index < -0.39 is 0 Å². The molecule has 16 heavy (non-hydrogen) atoms. The third kappa shape index (κ3) is 2.44. The second-order valence-corrected chi connectivity index (χ2v) is 4.97. The van der Waals surface area contributed by atoms with Crippen molar-refractivity contribution in [2.75, 3.05) is 7.05 Å². The summed E-state index contributed by atoms with van der Waals surface area (Å²) in [5.74, 6) is 0. The fraction of sp³-hybridized carbons (Fsp3) is 0.250. The van der Waals surface area contributed by atoms with Crippen molar-refractivity contribution in [3.8, 4) is 0 Å². The Morgan fingerprint density at radius 1 is 1.25 bits per heavy atom. The molecular weight excluding hydrogens is 313 g/mol. The highest BCUT2D eigenvalue weighted by Gasteiger charge is 2.12. The van der Waals surface area contributed by atoms with Crippen molar-refractivity contribution in [1.82, 2.24) is 15.1 Å². The minimum atomic E-state index is 0.214. The summed E-state index contributed by atoms with van der Waals surface area (Å²) in [6, 6.07) is 8.75. The number of hydrogen-bond donors (Lipinski definition) is 1. The molecule has 1 N–H and O–H groups in total. The van der Waals surface area contributed by atoms with E-state index in [1.807, 2.05) is 31.2 Å². The van der Waals surface area contributed by atoms with Gasteiger partial charge in [-0.1, -0.05) is 12.1 Å². The summed E-state index contributed by atoms with van der Waals surface area (Å²) in [7, 11) is 3.90. The van der Waals surface area contributed by atoms with Gasteiger partial charge in [0.1, 0.15) is 0 Å². The monoisotopic (exact) mass is 327 g/mol. The van der Waals surface area contributed by atoms with E-state index >= 15 is 0 Å². The Balaban J connectivity index is 2.32. The van der Waals surface area contributed by atoms with Gasteiger partial charge in [-0.25, -0.2) is 0 Å². The quantitative estimate of drug-likeness (QED) is 0.877. The fourth-order valence-corrected chi connectivity index (χ4v) is 2.13. The molecule has 1 heterocycles. The molecule has 1 unspecified atom stereocenters. The van der Waals surface area contributed by atoms with Gasteiger partial charge in [0.15, 0.2) is 0 Å². The highest BCUT2D eigenvalue weighted by Crippen LogP contribution is 2.21. The summed E-state index contributed by atoms with van der Waals surface area (Å²) in [6.45, 7) is 0. The van der Waals surface area contributed by atoms with E-state index in [4.69, 9.17) is 0 Å². The van der Waals surface area contributed by atoms with E-state index in [1.54, 1.807) is 0 Å². The number of rotatable bonds is 3. The maximum absolute atomic E-state index is 4.20. The Hall–Kier alpha value is -0.880. The van der Waals surface area contributed by atoms with Crippen LogP contribution in [0.4, 0.5) is 0 Å². The van der Waals surface area contributed by atoms with Crippen molar-refractivity contribution in [3.63, 3.8) is 0 Å². The first-order chi connectivity index (χ1) is 7.70. The number of nitrogens with zero attached hydrogens (tertiary/aromatic N) is 2. The van der Waals surface area contributed by atoms with Crippen LogP contribution in [0.1, 0.15) is 17.2 Å². The standard InChI is InChI=1S/C12H14IN3/c1-14-12(10-7-15-16(2)8-10)9-3-5-11(13)6-4-9/h3-8,12,14H,1-2H3. The van der Waals surface area contributed by atoms with Crippen molar-refractivity contribution >= 4 is 22.6 Å². The highest BCUT2D eigenvalue weighted by atomic mass is 127. The van der Waals surface area contributed by atoms with Crippen molar-refractivity contribution in [2.24, 2.45) is 7.05 Å². The molecule has 1 atom stereocenters. The van der Waals surface area contributed by atoms with Crippen molar-refractivity contribution in [3.05, 3.63) is 51.4 Å². The Bertz CT molecular complexity index is 461. The van der Waals surface area contributed by atoms with Gasteiger partial charge in [0.2, 0.25) is 0 Å². The molecule has 1 aromatic heterocycles. The smallest absolute Gasteiger partial charge is 0.0605 e. The van der Waals surface area contributed by atoms with E-state index in [-0.39, 0.29) is 6.04 Å². The van der Waals surface area contributed by atoms with Crippen molar-refractivity contribution < 1.29 is 0 Å². The van der Waals surface area contributed by atoms with E-state index in [0.717, 1.165) is 0 Å². The summed E-state index contributed by atoms with van der Waals surface area (Å²) in [6.07, 6.45) is 3.94. The Labute approximate surface area is 109 Å². The number of benzene rings is 1. The molecule has 0 aliphatic carbocycles. The van der Waals surface area contributed by atoms with Gasteiger partial charge in [-0.2, -0.15) is 5.10 Å². The van der Waals surface area contributed by atoms with E-state index in [1.165, 1.54) is 14.7 Å². The molecule has 0 saturated heterocycles. The molecule has 2 rings (SSSR count). The minimum Gasteiger partial charge on any atom is -0.309 e. The van der Waals surface area contributed by atoms with Gasteiger partial charge in [0.05, 0.1) is 12.2 Å². The number of nitrogens with one attached hydrogen (secondary N) is 1. The van der Waals surface area contributed by atoms with Gasteiger partial charge >= 0.3 is 0 Å². The number of aryl methyl sites for hydroxylation is 1. The molecule has 0 saturated carbocycles. The average Bonchev–Trinajstić information content (AvgIpc) is 2.69. The second kappa shape index (κ2) is 4.97. The Kier molecular flexibility index (Phi) is 3.60. The molecule has 84 valence electrons. The molecule has 3 nitrogen and oxygen atoms in total. The molecule has 0 aliphatic heterocycles. The topological polar surface area (TPSA) is 29.9 Å². The highest BCUT2D eigenvalue weighted by molar-refractivity contribution is 14.1. The van der Waals surface area contributed by atoms with Crippen LogP contribution in [-0.2, 0) is 7.05 Å². The molecule has 0 aliphatic rings. The first-order valence-electron chi connectivity index (χ1n) is 5.12. The van der Waals surface area contributed by atoms with E-state index in [2.05, 4.69) is 57.3 Å². The van der Waals surface area contributed by atoms with Gasteiger partial charge in [0, 0.05) is 22.4 Å². The number of aromatic nitrogens is 2. The third-order valence-corrected chi connectivity index (χ3v) is 3.27. The summed E-state index contributed by atoms with van der Waals surface area (Å²) in [5.41, 5.74) is 2.45. The lowest BCUT2D eigenvalue weighted by atomic mass is 10.0. The molecule has 0 bridgehead atoms. The fourth-order valence-electron chi connectivity index (χ4n) is 1.77. The molecule has 0 fully saturated rings. The van der Waals surface area contributed by atoms with Crippen LogP contribution in [0.25, 0.3) is 0 Å². The Morgan fingerprint density at radius 3 is 2.44 bits per heavy atom. The molecule has 0 spiro atoms. The molecule has 4 heteroatoms. The predicted molar refractivity (Wildman–Crippen MR) is 73.3 cm³/mol. The van der Waals surface area contributed by atoms with Crippen molar-refractivity contribution in [1.29, 1.82) is 0 Å². The van der Waals surface area contributed by atoms with Crippen LogP contribution in [0.3, 0.4) is 0 Å². The summed E-state index contributed by atoms with van der Waals surface area (Å²) >= 11 is 2.31. The Morgan fingerprint density at radius 2 is 1.94 bits per heavy atom. The number of hydrogen-bond acceptors (Lipinski definition) is 2. The van der Waals surface area contributed by atoms with Crippen LogP contribution < -0.4 is 5.32 Å². The average molecular weight is 327 g/mol. The lowest BCUT2D eigenvalue weighted by molar-refractivity contribution is 0.689. The van der Waals surface area contributed by atoms with E-state index in [0.29, 0.717) is 0 Å². The van der Waals surface area contributed by atoms with Crippen LogP contribution >= 0.6 is 22.6 Å². The first-order valence-corrected chi connectivity index (χ1v) is 6.20. The lowest BCUT2D eigenvalue weighted by Gasteiger charge is -2.14. The zero-order valence-corrected chi connectivity index (χ0v) is 11.5. The van der Waals surface area contributed by atoms with Gasteiger partial charge in [-0.05, 0) is 47.3 Å². The molecule has 0 radical (unpaired) electrons. The summed E-state index contributed by atoms with van der Waals surface area (Å²) in [5, 5.41) is 7.52. The van der Waals surface area contributed by atoms with Crippen LogP contribution in [0.5, 0.6) is 0 Å². The molecule has 2 aromatic rings. The van der Waals surface area contributed by atoms with E-state index in [9.17, 15) is 0 Å². The SMILES string of the molecule is CNC(c1ccc(I)cc1)c1cnn(C)c1. The van der Waals surface area contributed by atoms with Gasteiger partial charge in [0.25, 0.3) is 0 Å². The molecular formula is C12H14IN3.